The van der Waals surface area contributed by atoms with Crippen molar-refractivity contribution in [1.29, 1.82) is 0 Å². The molecule has 0 aromatic heterocycles. The fraction of sp³-hybridized carbons (Fsp3) is 0.316. The van der Waals surface area contributed by atoms with E-state index >= 15 is 0 Å². The van der Waals surface area contributed by atoms with Gasteiger partial charge >= 0.3 is 0 Å². The predicted octanol–water partition coefficient (Wildman–Crippen LogP) is 2.55. The molecule has 8 heteroatoms. The van der Waals surface area contributed by atoms with Gasteiger partial charge in [-0.2, -0.15) is 4.31 Å². The number of carbonyl (C=O) groups excluding carboxylic acids is 1. The van der Waals surface area contributed by atoms with Crippen LogP contribution in [0.5, 0.6) is 5.75 Å². The summed E-state index contributed by atoms with van der Waals surface area (Å²) in [6.45, 7) is 4.04. The molecule has 0 spiro atoms. The number of likely N-dealkylation sites (N-methyl/N-ethyl adjacent to an activating group) is 1. The number of hydrogen-bond donors (Lipinski definition) is 1. The highest BCUT2D eigenvalue weighted by Crippen LogP contribution is 2.19. The number of halogens is 1. The molecule has 0 unspecified atom stereocenters. The largest absolute Gasteiger partial charge is 0.494 e. The number of carbonyl (C=O) groups is 1. The van der Waals surface area contributed by atoms with Gasteiger partial charge < -0.3 is 10.1 Å². The third kappa shape index (κ3) is 5.77. The summed E-state index contributed by atoms with van der Waals surface area (Å²) in [5.41, 5.74) is 0.724. The first-order valence-electron chi connectivity index (χ1n) is 8.61. The molecule has 0 atom stereocenters. The number of rotatable bonds is 9. The van der Waals surface area contributed by atoms with Crippen LogP contribution in [0.25, 0.3) is 0 Å². The molecule has 27 heavy (non-hydrogen) atoms. The lowest BCUT2D eigenvalue weighted by Crippen LogP contribution is -2.40. The second-order valence-corrected chi connectivity index (χ2v) is 7.68. The van der Waals surface area contributed by atoms with Crippen LogP contribution in [-0.4, -0.2) is 38.3 Å². The molecule has 0 bridgehead atoms. The first kappa shape index (κ1) is 20.9. The Bertz CT molecular complexity index is 852. The maximum Gasteiger partial charge on any atom is 0.243 e. The summed E-state index contributed by atoms with van der Waals surface area (Å²) in [5, 5.41) is 2.65. The van der Waals surface area contributed by atoms with Gasteiger partial charge in [-0.3, -0.25) is 4.79 Å². The minimum absolute atomic E-state index is 0.0964. The topological polar surface area (TPSA) is 75.7 Å². The third-order valence-electron chi connectivity index (χ3n) is 3.85. The van der Waals surface area contributed by atoms with Crippen LogP contribution in [-0.2, 0) is 21.4 Å². The van der Waals surface area contributed by atoms with Crippen molar-refractivity contribution in [2.24, 2.45) is 0 Å². The number of amides is 1. The molecule has 2 rings (SSSR count). The van der Waals surface area contributed by atoms with Gasteiger partial charge in [0.25, 0.3) is 0 Å². The molecule has 2 aromatic rings. The molecule has 0 aliphatic carbocycles. The van der Waals surface area contributed by atoms with Crippen LogP contribution in [0, 0.1) is 5.82 Å². The summed E-state index contributed by atoms with van der Waals surface area (Å²) >= 11 is 0. The van der Waals surface area contributed by atoms with E-state index in [1.807, 2.05) is 6.92 Å². The number of hydrogen-bond acceptors (Lipinski definition) is 4. The second kappa shape index (κ2) is 9.48. The summed E-state index contributed by atoms with van der Waals surface area (Å²) in [7, 11) is -3.80. The summed E-state index contributed by atoms with van der Waals surface area (Å²) in [6.07, 6.45) is 0. The molecule has 0 aliphatic rings. The maximum atomic E-state index is 12.9. The standard InChI is InChI=1S/C19H23FN2O4S/c1-3-22(14-19(23)21-13-15-5-7-16(20)8-6-15)27(24,25)18-11-9-17(10-12-18)26-4-2/h5-12H,3-4,13-14H2,1-2H3,(H,21,23). The molecular weight excluding hydrogens is 371 g/mol. The number of sulfonamides is 1. The fourth-order valence-electron chi connectivity index (χ4n) is 2.41. The van der Waals surface area contributed by atoms with Crippen molar-refractivity contribution in [2.75, 3.05) is 19.7 Å². The van der Waals surface area contributed by atoms with Crippen LogP contribution in [0.2, 0.25) is 0 Å². The highest BCUT2D eigenvalue weighted by atomic mass is 32.2. The first-order valence-corrected chi connectivity index (χ1v) is 10.0. The van der Waals surface area contributed by atoms with Crippen molar-refractivity contribution in [1.82, 2.24) is 9.62 Å². The molecular formula is C19H23FN2O4S. The molecule has 0 radical (unpaired) electrons. The van der Waals surface area contributed by atoms with Crippen LogP contribution < -0.4 is 10.1 Å². The van der Waals surface area contributed by atoms with Crippen molar-refractivity contribution >= 4 is 15.9 Å². The van der Waals surface area contributed by atoms with Crippen molar-refractivity contribution in [3.8, 4) is 5.75 Å². The number of benzene rings is 2. The van der Waals surface area contributed by atoms with Crippen molar-refractivity contribution in [3.63, 3.8) is 0 Å². The molecule has 0 saturated carbocycles. The van der Waals surface area contributed by atoms with E-state index in [1.165, 1.54) is 24.3 Å². The molecule has 1 N–H and O–H groups in total. The van der Waals surface area contributed by atoms with Crippen LogP contribution in [0.4, 0.5) is 4.39 Å². The zero-order valence-electron chi connectivity index (χ0n) is 15.3. The van der Waals surface area contributed by atoms with Crippen LogP contribution >= 0.6 is 0 Å². The molecule has 146 valence electrons. The van der Waals surface area contributed by atoms with E-state index in [-0.39, 0.29) is 30.3 Å². The number of nitrogens with one attached hydrogen (secondary N) is 1. The first-order chi connectivity index (χ1) is 12.9. The fourth-order valence-corrected chi connectivity index (χ4v) is 3.81. The van der Waals surface area contributed by atoms with E-state index < -0.39 is 15.9 Å². The Balaban J connectivity index is 2.01. The monoisotopic (exact) mass is 394 g/mol. The average molecular weight is 394 g/mol. The quantitative estimate of drug-likeness (QED) is 0.709. The minimum Gasteiger partial charge on any atom is -0.494 e. The predicted molar refractivity (Wildman–Crippen MR) is 100 cm³/mol. The van der Waals surface area contributed by atoms with E-state index in [9.17, 15) is 17.6 Å². The van der Waals surface area contributed by atoms with Crippen LogP contribution in [0.1, 0.15) is 19.4 Å². The minimum atomic E-state index is -3.80. The molecule has 6 nitrogen and oxygen atoms in total. The highest BCUT2D eigenvalue weighted by molar-refractivity contribution is 7.89. The molecule has 0 heterocycles. The second-order valence-electron chi connectivity index (χ2n) is 5.74. The Labute approximate surface area is 159 Å². The van der Waals surface area contributed by atoms with Crippen molar-refractivity contribution < 1.29 is 22.3 Å². The lowest BCUT2D eigenvalue weighted by atomic mass is 10.2. The van der Waals surface area contributed by atoms with Gasteiger partial charge in [-0.25, -0.2) is 12.8 Å². The summed E-state index contributed by atoms with van der Waals surface area (Å²) < 4.78 is 44.8. The molecule has 0 fully saturated rings. The van der Waals surface area contributed by atoms with E-state index in [0.29, 0.717) is 12.4 Å². The van der Waals surface area contributed by atoms with E-state index in [0.717, 1.165) is 9.87 Å². The van der Waals surface area contributed by atoms with Gasteiger partial charge in [0.1, 0.15) is 11.6 Å². The third-order valence-corrected chi connectivity index (χ3v) is 5.78. The maximum absolute atomic E-state index is 12.9. The lowest BCUT2D eigenvalue weighted by Gasteiger charge is -2.20. The average Bonchev–Trinajstić information content (AvgIpc) is 2.66. The Morgan fingerprint density at radius 3 is 2.26 bits per heavy atom. The number of nitrogens with zero attached hydrogens (tertiary/aromatic N) is 1. The van der Waals surface area contributed by atoms with Gasteiger partial charge in [0.2, 0.25) is 15.9 Å². The zero-order chi connectivity index (χ0) is 19.9. The van der Waals surface area contributed by atoms with Gasteiger partial charge in [-0.05, 0) is 48.9 Å². The molecule has 2 aromatic carbocycles. The normalized spacial score (nSPS) is 11.4. The van der Waals surface area contributed by atoms with E-state index in [2.05, 4.69) is 5.32 Å². The highest BCUT2D eigenvalue weighted by Gasteiger charge is 2.25. The Morgan fingerprint density at radius 1 is 1.07 bits per heavy atom. The van der Waals surface area contributed by atoms with Gasteiger partial charge in [0.05, 0.1) is 18.0 Å². The Hall–Kier alpha value is -2.45. The SMILES string of the molecule is CCOc1ccc(S(=O)(=O)N(CC)CC(=O)NCc2ccc(F)cc2)cc1. The zero-order valence-corrected chi connectivity index (χ0v) is 16.1. The van der Waals surface area contributed by atoms with Gasteiger partial charge in [-0.1, -0.05) is 19.1 Å². The lowest BCUT2D eigenvalue weighted by molar-refractivity contribution is -0.121. The van der Waals surface area contributed by atoms with Crippen LogP contribution in [0.15, 0.2) is 53.4 Å². The Kier molecular flexibility index (Phi) is 7.32. The summed E-state index contributed by atoms with van der Waals surface area (Å²) in [6, 6.07) is 11.8. The van der Waals surface area contributed by atoms with Gasteiger partial charge in [0, 0.05) is 13.1 Å². The van der Waals surface area contributed by atoms with E-state index in [4.69, 9.17) is 4.74 Å². The Morgan fingerprint density at radius 2 is 1.70 bits per heavy atom. The number of ether oxygens (including phenoxy) is 1. The van der Waals surface area contributed by atoms with Crippen molar-refractivity contribution in [2.45, 2.75) is 25.3 Å². The van der Waals surface area contributed by atoms with Crippen molar-refractivity contribution in [3.05, 3.63) is 59.9 Å². The smallest absolute Gasteiger partial charge is 0.243 e. The molecule has 0 aliphatic heterocycles. The van der Waals surface area contributed by atoms with E-state index in [1.54, 1.807) is 31.2 Å². The summed E-state index contributed by atoms with van der Waals surface area (Å²) in [5.74, 6) is -0.212. The summed E-state index contributed by atoms with van der Waals surface area (Å²) in [4.78, 5) is 12.3. The molecule has 1 amide bonds. The molecule has 0 saturated heterocycles. The van der Waals surface area contributed by atoms with Gasteiger partial charge in [0.15, 0.2) is 0 Å². The van der Waals surface area contributed by atoms with Crippen LogP contribution in [0.3, 0.4) is 0 Å². The van der Waals surface area contributed by atoms with Gasteiger partial charge in [-0.15, -0.1) is 0 Å².